The molecule has 1 amide bonds. The summed E-state index contributed by atoms with van der Waals surface area (Å²) in [5, 5.41) is 5.65. The van der Waals surface area contributed by atoms with Gasteiger partial charge in [0.05, 0.1) is 5.69 Å². The Balaban J connectivity index is 1.70. The average Bonchev–Trinajstić information content (AvgIpc) is 2.63. The zero-order chi connectivity index (χ0) is 20.3. The molecule has 144 valence electrons. The third-order valence-corrected chi connectivity index (χ3v) is 4.41. The molecular formula is C20H17BrN2O5. The van der Waals surface area contributed by atoms with Gasteiger partial charge in [-0.05, 0) is 46.3 Å². The number of carbonyl (C=O) groups excluding carboxylic acids is 3. The lowest BCUT2D eigenvalue weighted by molar-refractivity contribution is -0.222. The molecule has 1 aliphatic heterocycles. The van der Waals surface area contributed by atoms with Crippen molar-refractivity contribution in [1.29, 1.82) is 0 Å². The van der Waals surface area contributed by atoms with Crippen molar-refractivity contribution in [1.82, 2.24) is 0 Å². The molecule has 0 bridgehead atoms. The number of nitrogens with one attached hydrogen (secondary N) is 2. The molecule has 0 atom stereocenters. The van der Waals surface area contributed by atoms with Crippen molar-refractivity contribution in [3.05, 3.63) is 70.3 Å². The molecule has 3 rings (SSSR count). The van der Waals surface area contributed by atoms with Crippen molar-refractivity contribution in [3.8, 4) is 0 Å². The highest BCUT2D eigenvalue weighted by molar-refractivity contribution is 9.10. The van der Waals surface area contributed by atoms with Gasteiger partial charge >= 0.3 is 11.9 Å². The lowest BCUT2D eigenvalue weighted by atomic mass is 10.2. The van der Waals surface area contributed by atoms with Crippen LogP contribution in [0, 0.1) is 0 Å². The van der Waals surface area contributed by atoms with Gasteiger partial charge in [-0.25, -0.2) is 9.59 Å². The van der Waals surface area contributed by atoms with Gasteiger partial charge in [0, 0.05) is 35.8 Å². The maximum absolute atomic E-state index is 12.2. The zero-order valence-electron chi connectivity index (χ0n) is 15.1. The third-order valence-electron chi connectivity index (χ3n) is 3.75. The van der Waals surface area contributed by atoms with Crippen LogP contribution in [0.5, 0.6) is 0 Å². The van der Waals surface area contributed by atoms with Gasteiger partial charge < -0.3 is 20.1 Å². The summed E-state index contributed by atoms with van der Waals surface area (Å²) >= 11 is 3.39. The number of carbonyl (C=O) groups is 3. The second kappa shape index (κ2) is 7.85. The van der Waals surface area contributed by atoms with E-state index in [0.717, 1.165) is 0 Å². The van der Waals surface area contributed by atoms with Crippen molar-refractivity contribution in [2.45, 2.75) is 19.6 Å². The predicted molar refractivity (Wildman–Crippen MR) is 107 cm³/mol. The summed E-state index contributed by atoms with van der Waals surface area (Å²) in [5.74, 6) is -3.05. The minimum atomic E-state index is -1.28. The van der Waals surface area contributed by atoms with Crippen molar-refractivity contribution < 1.29 is 23.9 Å². The minimum absolute atomic E-state index is 0.237. The maximum atomic E-state index is 12.2. The first-order chi connectivity index (χ1) is 13.2. The first-order valence-corrected chi connectivity index (χ1v) is 9.14. The normalized spacial score (nSPS) is 15.3. The Hall–Kier alpha value is -3.13. The summed E-state index contributed by atoms with van der Waals surface area (Å²) in [6, 6.07) is 13.9. The minimum Gasteiger partial charge on any atom is -0.419 e. The summed E-state index contributed by atoms with van der Waals surface area (Å²) in [6.45, 7) is 2.96. The second-order valence-corrected chi connectivity index (χ2v) is 7.25. The van der Waals surface area contributed by atoms with Crippen molar-refractivity contribution in [3.63, 3.8) is 0 Å². The molecule has 8 heteroatoms. The van der Waals surface area contributed by atoms with E-state index in [0.29, 0.717) is 21.4 Å². The molecule has 28 heavy (non-hydrogen) atoms. The Labute approximate surface area is 169 Å². The Morgan fingerprint density at radius 3 is 2.29 bits per heavy atom. The summed E-state index contributed by atoms with van der Waals surface area (Å²) in [5.41, 5.74) is 1.46. The molecule has 0 spiro atoms. The maximum Gasteiger partial charge on any atom is 0.350 e. The Morgan fingerprint density at radius 1 is 1.04 bits per heavy atom. The molecule has 1 saturated heterocycles. The van der Waals surface area contributed by atoms with Crippen LogP contribution in [-0.4, -0.2) is 23.6 Å². The highest BCUT2D eigenvalue weighted by Crippen LogP contribution is 2.27. The molecule has 1 fully saturated rings. The lowest BCUT2D eigenvalue weighted by Gasteiger charge is -2.29. The molecule has 0 radical (unpaired) electrons. The van der Waals surface area contributed by atoms with E-state index >= 15 is 0 Å². The highest BCUT2D eigenvalue weighted by atomic mass is 79.9. The van der Waals surface area contributed by atoms with Gasteiger partial charge in [-0.1, -0.05) is 18.2 Å². The molecule has 2 aromatic carbocycles. The van der Waals surface area contributed by atoms with Crippen LogP contribution in [0.1, 0.15) is 24.2 Å². The number of anilines is 2. The Bertz CT molecular complexity index is 948. The fourth-order valence-electron chi connectivity index (χ4n) is 2.42. The number of hydrogen-bond acceptors (Lipinski definition) is 6. The van der Waals surface area contributed by atoms with E-state index in [4.69, 9.17) is 9.47 Å². The van der Waals surface area contributed by atoms with Crippen LogP contribution in [0.15, 0.2) is 64.8 Å². The van der Waals surface area contributed by atoms with Gasteiger partial charge in [0.2, 0.25) is 0 Å². The number of esters is 2. The van der Waals surface area contributed by atoms with E-state index in [9.17, 15) is 14.4 Å². The number of benzene rings is 2. The number of hydrogen-bond donors (Lipinski definition) is 2. The molecule has 0 aliphatic carbocycles. The summed E-state index contributed by atoms with van der Waals surface area (Å²) < 4.78 is 10.7. The average molecular weight is 445 g/mol. The first kappa shape index (κ1) is 19.6. The van der Waals surface area contributed by atoms with E-state index < -0.39 is 17.7 Å². The second-order valence-electron chi connectivity index (χ2n) is 6.40. The lowest BCUT2D eigenvalue weighted by Crippen LogP contribution is -2.42. The third kappa shape index (κ3) is 4.58. The van der Waals surface area contributed by atoms with Crippen LogP contribution in [0.3, 0.4) is 0 Å². The molecule has 0 saturated carbocycles. The molecule has 0 aromatic heterocycles. The van der Waals surface area contributed by atoms with E-state index in [1.54, 1.807) is 42.5 Å². The smallest absolute Gasteiger partial charge is 0.350 e. The van der Waals surface area contributed by atoms with Crippen LogP contribution in [-0.2, 0) is 19.1 Å². The van der Waals surface area contributed by atoms with E-state index in [1.807, 2.05) is 6.07 Å². The number of amides is 1. The number of ether oxygens (including phenoxy) is 2. The number of cyclic esters (lactones) is 2. The molecule has 1 aliphatic rings. The van der Waals surface area contributed by atoms with Crippen molar-refractivity contribution in [2.75, 3.05) is 10.6 Å². The van der Waals surface area contributed by atoms with Crippen LogP contribution in [0.4, 0.5) is 11.4 Å². The molecule has 2 aromatic rings. The summed E-state index contributed by atoms with van der Waals surface area (Å²) in [6.07, 6.45) is 1.23. The van der Waals surface area contributed by atoms with Crippen LogP contribution in [0.25, 0.3) is 0 Å². The van der Waals surface area contributed by atoms with Gasteiger partial charge in [-0.15, -0.1) is 0 Å². The summed E-state index contributed by atoms with van der Waals surface area (Å²) in [7, 11) is 0. The Morgan fingerprint density at radius 2 is 1.68 bits per heavy atom. The zero-order valence-corrected chi connectivity index (χ0v) is 16.7. The summed E-state index contributed by atoms with van der Waals surface area (Å²) in [4.78, 5) is 36.1. The predicted octanol–water partition coefficient (Wildman–Crippen LogP) is 3.83. The molecule has 1 heterocycles. The van der Waals surface area contributed by atoms with Gasteiger partial charge in [0.1, 0.15) is 0 Å². The molecule has 0 unspecified atom stereocenters. The molecule has 2 N–H and O–H groups in total. The fraction of sp³-hybridized carbons (Fsp3) is 0.150. The van der Waals surface area contributed by atoms with Gasteiger partial charge in [0.25, 0.3) is 11.7 Å². The molecular weight excluding hydrogens is 428 g/mol. The van der Waals surface area contributed by atoms with Gasteiger partial charge in [-0.3, -0.25) is 4.79 Å². The van der Waals surface area contributed by atoms with Crippen LogP contribution >= 0.6 is 15.9 Å². The Kier molecular flexibility index (Phi) is 5.51. The quantitative estimate of drug-likeness (QED) is 0.422. The standard InChI is InChI=1S/C20H17BrN2O5/c1-20(2)27-18(25)14(19(26)28-20)11-22-13-8-9-16(15(21)10-13)23-17(24)12-6-4-3-5-7-12/h3-11,22H,1-2H3,(H,23,24). The first-order valence-electron chi connectivity index (χ1n) is 8.34. The largest absolute Gasteiger partial charge is 0.419 e. The monoisotopic (exact) mass is 444 g/mol. The highest BCUT2D eigenvalue weighted by Gasteiger charge is 2.38. The number of halogens is 1. The van der Waals surface area contributed by atoms with Crippen LogP contribution < -0.4 is 10.6 Å². The van der Waals surface area contributed by atoms with E-state index in [2.05, 4.69) is 26.6 Å². The van der Waals surface area contributed by atoms with E-state index in [-0.39, 0.29) is 11.5 Å². The number of rotatable bonds is 4. The molecule has 7 nitrogen and oxygen atoms in total. The van der Waals surface area contributed by atoms with E-state index in [1.165, 1.54) is 20.0 Å². The topological polar surface area (TPSA) is 93.7 Å². The van der Waals surface area contributed by atoms with Gasteiger partial charge in [-0.2, -0.15) is 0 Å². The fourth-order valence-corrected chi connectivity index (χ4v) is 2.90. The SMILES string of the molecule is CC1(C)OC(=O)C(=CNc2ccc(NC(=O)c3ccccc3)c(Br)c2)C(=O)O1. The van der Waals surface area contributed by atoms with Gasteiger partial charge in [0.15, 0.2) is 5.57 Å². The van der Waals surface area contributed by atoms with Crippen molar-refractivity contribution >= 4 is 45.2 Å². The van der Waals surface area contributed by atoms with Crippen LogP contribution in [0.2, 0.25) is 0 Å². The van der Waals surface area contributed by atoms with Crippen molar-refractivity contribution in [2.24, 2.45) is 0 Å².